The molecule has 0 spiro atoms. The van der Waals surface area contributed by atoms with Crippen LogP contribution in [-0.2, 0) is 0 Å². The van der Waals surface area contributed by atoms with Crippen LogP contribution in [0.2, 0.25) is 0 Å². The summed E-state index contributed by atoms with van der Waals surface area (Å²) in [6, 6.07) is 5.80. The van der Waals surface area contributed by atoms with E-state index in [1.165, 1.54) is 31.0 Å². The highest BCUT2D eigenvalue weighted by molar-refractivity contribution is 8.15. The second-order valence-corrected chi connectivity index (χ2v) is 6.07. The summed E-state index contributed by atoms with van der Waals surface area (Å²) >= 11 is 1.67. The molecule has 1 aliphatic heterocycles. The van der Waals surface area contributed by atoms with Crippen LogP contribution in [0, 0.1) is 5.92 Å². The van der Waals surface area contributed by atoms with E-state index in [4.69, 9.17) is 0 Å². The highest BCUT2D eigenvalue weighted by Gasteiger charge is 2.35. The smallest absolute Gasteiger partial charge is 0.406 e. The lowest BCUT2D eigenvalue weighted by atomic mass is 10.3. The molecule has 1 aromatic rings. The minimum Gasteiger partial charge on any atom is -0.406 e. The van der Waals surface area contributed by atoms with Gasteiger partial charge in [0.15, 0.2) is 5.17 Å². The molecule has 7 heteroatoms. The lowest BCUT2D eigenvalue weighted by molar-refractivity contribution is -0.274. The van der Waals surface area contributed by atoms with Crippen LogP contribution in [0.1, 0.15) is 12.8 Å². The third-order valence-electron chi connectivity index (χ3n) is 3.14. The summed E-state index contributed by atoms with van der Waals surface area (Å²) in [5.41, 5.74) is 0.550. The molecular formula is C13H13F3N2OS. The minimum atomic E-state index is -4.67. The Balaban J connectivity index is 1.61. The Morgan fingerprint density at radius 3 is 2.80 bits per heavy atom. The molecule has 0 saturated heterocycles. The van der Waals surface area contributed by atoms with Crippen molar-refractivity contribution in [2.75, 3.05) is 11.9 Å². The largest absolute Gasteiger partial charge is 0.573 e. The molecule has 1 atom stereocenters. The molecule has 3 nitrogen and oxygen atoms in total. The maximum Gasteiger partial charge on any atom is 0.573 e. The van der Waals surface area contributed by atoms with Crippen molar-refractivity contribution in [2.24, 2.45) is 10.9 Å². The average molecular weight is 302 g/mol. The predicted molar refractivity (Wildman–Crippen MR) is 73.2 cm³/mol. The van der Waals surface area contributed by atoms with Gasteiger partial charge in [-0.2, -0.15) is 0 Å². The SMILES string of the molecule is FC(F)(F)Oc1cccc(NC2=NCC(C3CC3)S2)c1. The van der Waals surface area contributed by atoms with Crippen LogP contribution in [0.15, 0.2) is 29.3 Å². The number of ether oxygens (including phenoxy) is 1. The van der Waals surface area contributed by atoms with E-state index in [0.717, 1.165) is 17.6 Å². The zero-order chi connectivity index (χ0) is 14.2. The second kappa shape index (κ2) is 5.20. The van der Waals surface area contributed by atoms with Gasteiger partial charge in [0.25, 0.3) is 0 Å². The van der Waals surface area contributed by atoms with Gasteiger partial charge in [0.1, 0.15) is 5.75 Å². The van der Waals surface area contributed by atoms with Crippen molar-refractivity contribution in [1.82, 2.24) is 0 Å². The first-order valence-corrected chi connectivity index (χ1v) is 7.21. The molecule has 2 aliphatic rings. The van der Waals surface area contributed by atoms with Crippen molar-refractivity contribution in [3.63, 3.8) is 0 Å². The Morgan fingerprint density at radius 1 is 1.30 bits per heavy atom. The summed E-state index contributed by atoms with van der Waals surface area (Å²) < 4.78 is 40.4. The van der Waals surface area contributed by atoms with E-state index in [2.05, 4.69) is 15.0 Å². The Morgan fingerprint density at radius 2 is 2.10 bits per heavy atom. The number of aliphatic imine (C=N–C) groups is 1. The van der Waals surface area contributed by atoms with E-state index in [9.17, 15) is 13.2 Å². The molecule has 0 amide bonds. The van der Waals surface area contributed by atoms with Gasteiger partial charge in [0, 0.05) is 17.0 Å². The summed E-state index contributed by atoms with van der Waals surface area (Å²) in [5.74, 6) is 0.521. The summed E-state index contributed by atoms with van der Waals surface area (Å²) in [6.07, 6.45) is -2.15. The summed E-state index contributed by atoms with van der Waals surface area (Å²) in [7, 11) is 0. The number of hydrogen-bond acceptors (Lipinski definition) is 4. The van der Waals surface area contributed by atoms with E-state index in [1.54, 1.807) is 17.8 Å². The number of nitrogens with zero attached hydrogens (tertiary/aromatic N) is 1. The van der Waals surface area contributed by atoms with Crippen molar-refractivity contribution >= 4 is 22.6 Å². The number of thioether (sulfide) groups is 1. The fraction of sp³-hybridized carbons (Fsp3) is 0.462. The lowest BCUT2D eigenvalue weighted by Gasteiger charge is -2.11. The summed E-state index contributed by atoms with van der Waals surface area (Å²) in [6.45, 7) is 0.788. The van der Waals surface area contributed by atoms with Gasteiger partial charge < -0.3 is 10.1 Å². The Bertz CT molecular complexity index is 529. The Kier molecular flexibility index (Phi) is 3.54. The number of nitrogens with one attached hydrogen (secondary N) is 1. The molecule has 108 valence electrons. The fourth-order valence-electron chi connectivity index (χ4n) is 2.07. The highest BCUT2D eigenvalue weighted by atomic mass is 32.2. The molecule has 3 rings (SSSR count). The molecule has 1 N–H and O–H groups in total. The van der Waals surface area contributed by atoms with Crippen LogP contribution in [0.25, 0.3) is 0 Å². The van der Waals surface area contributed by atoms with E-state index < -0.39 is 6.36 Å². The minimum absolute atomic E-state index is 0.232. The quantitative estimate of drug-likeness (QED) is 0.920. The van der Waals surface area contributed by atoms with Gasteiger partial charge in [-0.25, -0.2) is 0 Å². The van der Waals surface area contributed by atoms with Gasteiger partial charge in [0.2, 0.25) is 0 Å². The molecule has 20 heavy (non-hydrogen) atoms. The van der Waals surface area contributed by atoms with Gasteiger partial charge in [-0.15, -0.1) is 13.2 Å². The van der Waals surface area contributed by atoms with E-state index >= 15 is 0 Å². The second-order valence-electron chi connectivity index (χ2n) is 4.84. The van der Waals surface area contributed by atoms with Crippen LogP contribution in [0.4, 0.5) is 18.9 Å². The summed E-state index contributed by atoms with van der Waals surface area (Å²) in [4.78, 5) is 4.38. The van der Waals surface area contributed by atoms with E-state index in [-0.39, 0.29) is 5.75 Å². The van der Waals surface area contributed by atoms with Crippen molar-refractivity contribution in [2.45, 2.75) is 24.5 Å². The van der Waals surface area contributed by atoms with Gasteiger partial charge in [0.05, 0.1) is 6.54 Å². The van der Waals surface area contributed by atoms with Crippen LogP contribution in [0.5, 0.6) is 5.75 Å². The average Bonchev–Trinajstić information content (AvgIpc) is 3.09. The number of amidine groups is 1. The van der Waals surface area contributed by atoms with Gasteiger partial charge in [-0.3, -0.25) is 4.99 Å². The fourth-order valence-corrected chi connectivity index (χ4v) is 3.29. The van der Waals surface area contributed by atoms with Crippen LogP contribution < -0.4 is 10.1 Å². The number of alkyl halides is 3. The topological polar surface area (TPSA) is 33.6 Å². The van der Waals surface area contributed by atoms with Crippen molar-refractivity contribution in [1.29, 1.82) is 0 Å². The number of halogens is 3. The number of benzene rings is 1. The molecule has 0 aromatic heterocycles. The maximum atomic E-state index is 12.2. The molecule has 1 aliphatic carbocycles. The molecule has 1 aromatic carbocycles. The third kappa shape index (κ3) is 3.59. The Labute approximate surface area is 118 Å². The van der Waals surface area contributed by atoms with Crippen molar-refractivity contribution < 1.29 is 17.9 Å². The molecule has 1 heterocycles. The molecule has 1 saturated carbocycles. The zero-order valence-electron chi connectivity index (χ0n) is 10.5. The Hall–Kier alpha value is -1.37. The number of hydrogen-bond donors (Lipinski definition) is 1. The standard InChI is InChI=1S/C13H13F3N2OS/c14-13(15,16)19-10-3-1-2-9(6-10)18-12-17-7-11(20-12)8-4-5-8/h1-3,6,8,11H,4-5,7H2,(H,17,18). The van der Waals surface area contributed by atoms with Crippen LogP contribution in [0.3, 0.4) is 0 Å². The third-order valence-corrected chi connectivity index (χ3v) is 4.44. The van der Waals surface area contributed by atoms with Crippen molar-refractivity contribution in [3.8, 4) is 5.75 Å². The van der Waals surface area contributed by atoms with E-state index in [1.807, 2.05) is 0 Å². The zero-order valence-corrected chi connectivity index (χ0v) is 11.3. The van der Waals surface area contributed by atoms with Crippen molar-refractivity contribution in [3.05, 3.63) is 24.3 Å². The van der Waals surface area contributed by atoms with Gasteiger partial charge in [-0.05, 0) is 30.9 Å². The first-order chi connectivity index (χ1) is 9.49. The first kappa shape index (κ1) is 13.6. The van der Waals surface area contributed by atoms with Gasteiger partial charge in [-0.1, -0.05) is 17.8 Å². The monoisotopic (exact) mass is 302 g/mol. The molecule has 0 radical (unpaired) electrons. The molecule has 1 fully saturated rings. The summed E-state index contributed by atoms with van der Waals surface area (Å²) in [5, 5.41) is 4.34. The van der Waals surface area contributed by atoms with E-state index in [0.29, 0.717) is 10.9 Å². The molecule has 0 bridgehead atoms. The predicted octanol–water partition coefficient (Wildman–Crippen LogP) is 3.88. The molecular weight excluding hydrogens is 289 g/mol. The normalized spacial score (nSPS) is 22.6. The first-order valence-electron chi connectivity index (χ1n) is 6.33. The van der Waals surface area contributed by atoms with Gasteiger partial charge >= 0.3 is 6.36 Å². The van der Waals surface area contributed by atoms with Crippen LogP contribution >= 0.6 is 11.8 Å². The van der Waals surface area contributed by atoms with Crippen LogP contribution in [-0.4, -0.2) is 23.3 Å². The maximum absolute atomic E-state index is 12.2. The lowest BCUT2D eigenvalue weighted by Crippen LogP contribution is -2.17. The molecule has 1 unspecified atom stereocenters. The highest BCUT2D eigenvalue weighted by Crippen LogP contribution is 2.42. The number of anilines is 1. The number of rotatable bonds is 3.